The second kappa shape index (κ2) is 9.28. The Morgan fingerprint density at radius 2 is 1.78 bits per heavy atom. The largest absolute Gasteiger partial charge is 0.493 e. The Balaban J connectivity index is 3.47. The maximum absolute atomic E-state index is 13.6. The number of alkyl halides is 3. The molecule has 0 spiro atoms. The lowest BCUT2D eigenvalue weighted by molar-refractivity contribution is -0.387. The van der Waals surface area contributed by atoms with E-state index in [0.29, 0.717) is 6.42 Å². The van der Waals surface area contributed by atoms with Crippen LogP contribution in [-0.2, 0) is 4.74 Å². The quantitative estimate of drug-likeness (QED) is 0.487. The number of benzene rings is 1. The van der Waals surface area contributed by atoms with Crippen LogP contribution in [0.2, 0.25) is 0 Å². The highest BCUT2D eigenvalue weighted by Crippen LogP contribution is 2.44. The molecule has 0 aromatic heterocycles. The van der Waals surface area contributed by atoms with Gasteiger partial charge >= 0.3 is 12.3 Å². The summed E-state index contributed by atoms with van der Waals surface area (Å²) in [5.41, 5.74) is -1.76. The van der Waals surface area contributed by atoms with Gasteiger partial charge in [0, 0.05) is 13.1 Å². The average Bonchev–Trinajstić information content (AvgIpc) is 2.61. The van der Waals surface area contributed by atoms with E-state index in [4.69, 9.17) is 9.47 Å². The van der Waals surface area contributed by atoms with Crippen LogP contribution in [0, 0.1) is 10.1 Å². The molecule has 11 heteroatoms. The molecule has 1 aromatic carbocycles. The molecule has 0 N–H and O–H groups in total. The fraction of sp³-hybridized carbons (Fsp3) is 0.562. The molecule has 1 aromatic rings. The van der Waals surface area contributed by atoms with Crippen LogP contribution in [0.5, 0.6) is 11.5 Å². The third kappa shape index (κ3) is 5.38. The fourth-order valence-corrected chi connectivity index (χ4v) is 2.38. The van der Waals surface area contributed by atoms with Gasteiger partial charge in [0.15, 0.2) is 11.5 Å². The minimum atomic E-state index is -5.08. The molecule has 0 saturated carbocycles. The van der Waals surface area contributed by atoms with Crippen LogP contribution in [0.4, 0.5) is 23.7 Å². The molecule has 27 heavy (non-hydrogen) atoms. The first-order chi connectivity index (χ1) is 12.6. The molecular formula is C16H21F3N2O6. The lowest BCUT2D eigenvalue weighted by Gasteiger charge is -2.26. The van der Waals surface area contributed by atoms with Gasteiger partial charge in [-0.15, -0.1) is 0 Å². The summed E-state index contributed by atoms with van der Waals surface area (Å²) in [6, 6.07) is 1.59. The van der Waals surface area contributed by atoms with Crippen molar-refractivity contribution in [3.8, 4) is 11.5 Å². The summed E-state index contributed by atoms with van der Waals surface area (Å²) in [4.78, 5) is 23.5. The molecule has 0 aliphatic rings. The summed E-state index contributed by atoms with van der Waals surface area (Å²) in [6.07, 6.45) is -8.62. The van der Waals surface area contributed by atoms with Gasteiger partial charge in [0.05, 0.1) is 30.8 Å². The number of hydrogen-bond acceptors (Lipinski definition) is 6. The number of halogens is 3. The van der Waals surface area contributed by atoms with Gasteiger partial charge in [-0.3, -0.25) is 10.1 Å². The number of carbonyl (C=O) groups excluding carboxylic acids is 1. The number of nitrogens with zero attached hydrogens (tertiary/aromatic N) is 2. The Morgan fingerprint density at radius 3 is 2.19 bits per heavy atom. The molecule has 1 amide bonds. The Labute approximate surface area is 153 Å². The molecule has 0 fully saturated rings. The molecule has 0 saturated heterocycles. The molecule has 8 nitrogen and oxygen atoms in total. The number of methoxy groups -OCH3 is 2. The van der Waals surface area contributed by atoms with Crippen LogP contribution >= 0.6 is 0 Å². The SMILES string of the molecule is CCCN(CC)C(=O)OC(c1cc(OC)c(OC)cc1[N+](=O)[O-])C(F)(F)F. The van der Waals surface area contributed by atoms with Gasteiger partial charge in [-0.05, 0) is 19.4 Å². The van der Waals surface area contributed by atoms with E-state index in [1.165, 1.54) is 14.2 Å². The van der Waals surface area contributed by atoms with Crippen molar-refractivity contribution in [2.75, 3.05) is 27.3 Å². The number of rotatable bonds is 8. The van der Waals surface area contributed by atoms with E-state index < -0.39 is 34.5 Å². The highest BCUT2D eigenvalue weighted by molar-refractivity contribution is 5.68. The predicted molar refractivity (Wildman–Crippen MR) is 89.0 cm³/mol. The first-order valence-corrected chi connectivity index (χ1v) is 8.03. The molecule has 0 heterocycles. The maximum atomic E-state index is 13.6. The van der Waals surface area contributed by atoms with E-state index in [1.54, 1.807) is 13.8 Å². The summed E-state index contributed by atoms with van der Waals surface area (Å²) in [7, 11) is 2.36. The summed E-state index contributed by atoms with van der Waals surface area (Å²) < 4.78 is 55.2. The van der Waals surface area contributed by atoms with Crippen LogP contribution < -0.4 is 9.47 Å². The van der Waals surface area contributed by atoms with Gasteiger partial charge in [-0.1, -0.05) is 6.92 Å². The Hall–Kier alpha value is -2.72. The van der Waals surface area contributed by atoms with Crippen molar-refractivity contribution in [2.24, 2.45) is 0 Å². The van der Waals surface area contributed by atoms with Crippen molar-refractivity contribution in [1.82, 2.24) is 4.90 Å². The lowest BCUT2D eigenvalue weighted by Crippen LogP contribution is -2.36. The van der Waals surface area contributed by atoms with Crippen molar-refractivity contribution < 1.29 is 37.1 Å². The fourth-order valence-electron chi connectivity index (χ4n) is 2.38. The van der Waals surface area contributed by atoms with E-state index in [0.717, 1.165) is 17.0 Å². The smallest absolute Gasteiger partial charge is 0.430 e. The minimum Gasteiger partial charge on any atom is -0.493 e. The zero-order chi connectivity index (χ0) is 20.8. The first-order valence-electron chi connectivity index (χ1n) is 8.03. The lowest BCUT2D eigenvalue weighted by atomic mass is 10.1. The van der Waals surface area contributed by atoms with Crippen LogP contribution in [0.15, 0.2) is 12.1 Å². The van der Waals surface area contributed by atoms with Crippen molar-refractivity contribution in [2.45, 2.75) is 32.5 Å². The highest BCUT2D eigenvalue weighted by atomic mass is 19.4. The molecule has 1 unspecified atom stereocenters. The van der Waals surface area contributed by atoms with Crippen LogP contribution in [0.25, 0.3) is 0 Å². The molecule has 1 rings (SSSR count). The van der Waals surface area contributed by atoms with Crippen molar-refractivity contribution in [1.29, 1.82) is 0 Å². The second-order valence-electron chi connectivity index (χ2n) is 5.41. The van der Waals surface area contributed by atoms with Gasteiger partial charge in [0.25, 0.3) is 5.69 Å². The molecule has 152 valence electrons. The van der Waals surface area contributed by atoms with Gasteiger partial charge in [-0.2, -0.15) is 13.2 Å². The van der Waals surface area contributed by atoms with Crippen molar-refractivity contribution in [3.05, 3.63) is 27.8 Å². The monoisotopic (exact) mass is 394 g/mol. The molecule has 1 atom stereocenters. The number of amides is 1. The molecule has 0 radical (unpaired) electrons. The number of nitro benzene ring substituents is 1. The predicted octanol–water partition coefficient (Wildman–Crippen LogP) is 4.08. The standard InChI is InChI=1S/C16H21F3N2O6/c1-5-7-20(6-2)15(22)27-14(16(17,18)19)10-8-12(25-3)13(26-4)9-11(10)21(23)24/h8-9,14H,5-7H2,1-4H3. The van der Waals surface area contributed by atoms with Crippen LogP contribution in [0.1, 0.15) is 31.9 Å². The Morgan fingerprint density at radius 1 is 1.22 bits per heavy atom. The van der Waals surface area contributed by atoms with Gasteiger partial charge < -0.3 is 19.1 Å². The number of ether oxygens (including phenoxy) is 3. The average molecular weight is 394 g/mol. The summed E-state index contributed by atoms with van der Waals surface area (Å²) in [5.74, 6) is -0.286. The van der Waals surface area contributed by atoms with E-state index >= 15 is 0 Å². The van der Waals surface area contributed by atoms with Gasteiger partial charge in [-0.25, -0.2) is 4.79 Å². The van der Waals surface area contributed by atoms with Gasteiger partial charge in [0.1, 0.15) is 0 Å². The van der Waals surface area contributed by atoms with Gasteiger partial charge in [0.2, 0.25) is 6.10 Å². The maximum Gasteiger partial charge on any atom is 0.430 e. The Kier molecular flexibility index (Phi) is 7.68. The van der Waals surface area contributed by atoms with Crippen LogP contribution in [-0.4, -0.2) is 49.4 Å². The topological polar surface area (TPSA) is 91.1 Å². The summed E-state index contributed by atoms with van der Waals surface area (Å²) in [6.45, 7) is 3.65. The molecule has 0 aliphatic heterocycles. The number of carbonyl (C=O) groups is 1. The minimum absolute atomic E-state index is 0.124. The zero-order valence-corrected chi connectivity index (χ0v) is 15.3. The van der Waals surface area contributed by atoms with E-state index in [2.05, 4.69) is 4.74 Å². The summed E-state index contributed by atoms with van der Waals surface area (Å²) in [5, 5.41) is 11.3. The van der Waals surface area contributed by atoms with Crippen molar-refractivity contribution in [3.63, 3.8) is 0 Å². The summed E-state index contributed by atoms with van der Waals surface area (Å²) >= 11 is 0. The second-order valence-corrected chi connectivity index (χ2v) is 5.41. The van der Waals surface area contributed by atoms with Crippen molar-refractivity contribution >= 4 is 11.8 Å². The normalized spacial score (nSPS) is 12.3. The number of nitro groups is 1. The van der Waals surface area contributed by atoms with E-state index in [1.807, 2.05) is 0 Å². The van der Waals surface area contributed by atoms with E-state index in [-0.39, 0.29) is 24.6 Å². The highest BCUT2D eigenvalue weighted by Gasteiger charge is 2.48. The third-order valence-electron chi connectivity index (χ3n) is 3.66. The first kappa shape index (κ1) is 22.3. The molecule has 0 bridgehead atoms. The zero-order valence-electron chi connectivity index (χ0n) is 15.3. The molecule has 0 aliphatic carbocycles. The molecular weight excluding hydrogens is 373 g/mol. The third-order valence-corrected chi connectivity index (χ3v) is 3.66. The van der Waals surface area contributed by atoms with Crippen LogP contribution in [0.3, 0.4) is 0 Å². The van der Waals surface area contributed by atoms with E-state index in [9.17, 15) is 28.1 Å². The number of hydrogen-bond donors (Lipinski definition) is 0. The Bertz CT molecular complexity index is 681.